The van der Waals surface area contributed by atoms with Gasteiger partial charge in [-0.15, -0.1) is 10.2 Å². The van der Waals surface area contributed by atoms with Crippen LogP contribution in [0.5, 0.6) is 11.5 Å². The van der Waals surface area contributed by atoms with Gasteiger partial charge in [0.2, 0.25) is 4.96 Å². The zero-order chi connectivity index (χ0) is 17.4. The fourth-order valence-corrected chi connectivity index (χ4v) is 3.43. The van der Waals surface area contributed by atoms with Crippen LogP contribution in [0.1, 0.15) is 0 Å². The monoisotopic (exact) mass is 353 g/mol. The van der Waals surface area contributed by atoms with Gasteiger partial charge in [0, 0.05) is 5.56 Å². The molecule has 0 aliphatic carbocycles. The molecule has 2 aromatic carbocycles. The van der Waals surface area contributed by atoms with E-state index in [1.807, 2.05) is 42.5 Å². The number of nitrogens with two attached hydrogens (primary N) is 1. The number of hydrogen-bond acceptors (Lipinski definition) is 7. The first-order valence-electron chi connectivity index (χ1n) is 7.51. The van der Waals surface area contributed by atoms with Gasteiger partial charge in [0.1, 0.15) is 16.5 Å². The van der Waals surface area contributed by atoms with Crippen LogP contribution >= 0.6 is 11.3 Å². The van der Waals surface area contributed by atoms with E-state index in [0.717, 1.165) is 21.9 Å². The molecule has 0 amide bonds. The van der Waals surface area contributed by atoms with Crippen molar-refractivity contribution >= 4 is 22.0 Å². The average Bonchev–Trinajstić information content (AvgIpc) is 3.22. The van der Waals surface area contributed by atoms with Gasteiger partial charge >= 0.3 is 0 Å². The number of methoxy groups -OCH3 is 2. The number of benzene rings is 2. The van der Waals surface area contributed by atoms with Crippen LogP contribution in [0.3, 0.4) is 0 Å². The molecule has 0 fully saturated rings. The smallest absolute Gasteiger partial charge is 0.235 e. The number of para-hydroxylation sites is 1. The van der Waals surface area contributed by atoms with Crippen LogP contribution in [-0.2, 0) is 0 Å². The average molecular weight is 353 g/mol. The van der Waals surface area contributed by atoms with Crippen molar-refractivity contribution < 1.29 is 9.47 Å². The largest absolute Gasteiger partial charge is 0.496 e. The van der Waals surface area contributed by atoms with Crippen LogP contribution in [0.2, 0.25) is 0 Å². The number of fused-ring (bicyclic) bond motifs is 1. The highest BCUT2D eigenvalue weighted by atomic mass is 32.1. The summed E-state index contributed by atoms with van der Waals surface area (Å²) in [5.41, 5.74) is 8.30. The standard InChI is InChI=1S/C17H15N5O2S/c1-23-13-6-4-3-5-11(13)15-19-20-17-22(15)21-16(25-17)10-7-8-14(24-2)12(18)9-10/h3-9H,18H2,1-2H3. The molecular formula is C17H15N5O2S. The summed E-state index contributed by atoms with van der Waals surface area (Å²) in [6.45, 7) is 0. The Kier molecular flexibility index (Phi) is 3.73. The van der Waals surface area contributed by atoms with Crippen molar-refractivity contribution in [2.45, 2.75) is 0 Å². The second kappa shape index (κ2) is 6.06. The zero-order valence-electron chi connectivity index (χ0n) is 13.6. The van der Waals surface area contributed by atoms with Gasteiger partial charge in [0.15, 0.2) is 5.82 Å². The first kappa shape index (κ1) is 15.4. The Hall–Kier alpha value is -3.13. The lowest BCUT2D eigenvalue weighted by molar-refractivity contribution is 0.416. The summed E-state index contributed by atoms with van der Waals surface area (Å²) >= 11 is 1.44. The Labute approximate surface area is 147 Å². The minimum atomic E-state index is 0.566. The first-order chi connectivity index (χ1) is 12.2. The minimum Gasteiger partial charge on any atom is -0.496 e. The van der Waals surface area contributed by atoms with Crippen molar-refractivity contribution in [3.63, 3.8) is 0 Å². The van der Waals surface area contributed by atoms with Crippen molar-refractivity contribution in [2.24, 2.45) is 0 Å². The molecule has 0 saturated carbocycles. The number of anilines is 1. The molecule has 7 nitrogen and oxygen atoms in total. The molecule has 2 aromatic heterocycles. The Morgan fingerprint density at radius 2 is 1.80 bits per heavy atom. The molecule has 2 heterocycles. The maximum Gasteiger partial charge on any atom is 0.235 e. The fraction of sp³-hybridized carbons (Fsp3) is 0.118. The van der Waals surface area contributed by atoms with Gasteiger partial charge in [-0.25, -0.2) is 0 Å². The van der Waals surface area contributed by atoms with E-state index in [4.69, 9.17) is 15.2 Å². The van der Waals surface area contributed by atoms with Crippen LogP contribution < -0.4 is 15.2 Å². The molecule has 0 aliphatic heterocycles. The van der Waals surface area contributed by atoms with Crippen molar-refractivity contribution in [3.8, 4) is 33.5 Å². The first-order valence-corrected chi connectivity index (χ1v) is 8.32. The molecule has 0 spiro atoms. The van der Waals surface area contributed by atoms with E-state index in [9.17, 15) is 0 Å². The molecule has 0 atom stereocenters. The third-order valence-electron chi connectivity index (χ3n) is 3.82. The van der Waals surface area contributed by atoms with Gasteiger partial charge in [-0.2, -0.15) is 9.61 Å². The highest BCUT2D eigenvalue weighted by molar-refractivity contribution is 7.19. The lowest BCUT2D eigenvalue weighted by Crippen LogP contribution is -1.95. The minimum absolute atomic E-state index is 0.566. The summed E-state index contributed by atoms with van der Waals surface area (Å²) in [4.78, 5) is 0.699. The normalized spacial score (nSPS) is 11.0. The Morgan fingerprint density at radius 3 is 2.56 bits per heavy atom. The van der Waals surface area contributed by atoms with E-state index in [0.29, 0.717) is 22.2 Å². The quantitative estimate of drug-likeness (QED) is 0.567. The van der Waals surface area contributed by atoms with Gasteiger partial charge < -0.3 is 15.2 Å². The van der Waals surface area contributed by atoms with E-state index in [1.54, 1.807) is 18.7 Å². The van der Waals surface area contributed by atoms with E-state index in [2.05, 4.69) is 15.3 Å². The molecule has 4 aromatic rings. The van der Waals surface area contributed by atoms with Crippen LogP contribution in [0.25, 0.3) is 26.9 Å². The molecule has 126 valence electrons. The third kappa shape index (κ3) is 2.56. The summed E-state index contributed by atoms with van der Waals surface area (Å²) in [5, 5.41) is 13.9. The number of aromatic nitrogens is 4. The molecule has 4 rings (SSSR count). The second-order valence-corrected chi connectivity index (χ2v) is 6.24. The highest BCUT2D eigenvalue weighted by Crippen LogP contribution is 2.33. The maximum atomic E-state index is 6.00. The van der Waals surface area contributed by atoms with Crippen LogP contribution in [0, 0.1) is 0 Å². The number of hydrogen-bond donors (Lipinski definition) is 1. The fourth-order valence-electron chi connectivity index (χ4n) is 2.60. The summed E-state index contributed by atoms with van der Waals surface area (Å²) in [6.07, 6.45) is 0. The van der Waals surface area contributed by atoms with Gasteiger partial charge in [-0.1, -0.05) is 23.5 Å². The van der Waals surface area contributed by atoms with Gasteiger partial charge in [-0.3, -0.25) is 0 Å². The summed E-state index contributed by atoms with van der Waals surface area (Å²) < 4.78 is 12.3. The van der Waals surface area contributed by atoms with E-state index in [-0.39, 0.29) is 0 Å². The number of nitrogens with zero attached hydrogens (tertiary/aromatic N) is 4. The lowest BCUT2D eigenvalue weighted by atomic mass is 10.2. The summed E-state index contributed by atoms with van der Waals surface area (Å²) in [7, 11) is 3.22. The maximum absolute atomic E-state index is 6.00. The molecule has 8 heteroatoms. The lowest BCUT2D eigenvalue weighted by Gasteiger charge is -2.05. The predicted molar refractivity (Wildman–Crippen MR) is 97.0 cm³/mol. The van der Waals surface area contributed by atoms with Crippen molar-refractivity contribution in [1.82, 2.24) is 19.8 Å². The molecule has 0 aliphatic rings. The van der Waals surface area contributed by atoms with E-state index in [1.165, 1.54) is 11.3 Å². The third-order valence-corrected chi connectivity index (χ3v) is 4.76. The topological polar surface area (TPSA) is 87.6 Å². The molecule has 25 heavy (non-hydrogen) atoms. The highest BCUT2D eigenvalue weighted by Gasteiger charge is 2.17. The van der Waals surface area contributed by atoms with Crippen LogP contribution in [0.15, 0.2) is 42.5 Å². The predicted octanol–water partition coefficient (Wildman–Crippen LogP) is 3.12. The van der Waals surface area contributed by atoms with E-state index >= 15 is 0 Å². The SMILES string of the molecule is COc1ccc(-c2nn3c(-c4ccccc4OC)nnc3s2)cc1N. The summed E-state index contributed by atoms with van der Waals surface area (Å²) in [6, 6.07) is 13.2. The van der Waals surface area contributed by atoms with Crippen molar-refractivity contribution in [3.05, 3.63) is 42.5 Å². The molecule has 0 bridgehead atoms. The number of ether oxygens (including phenoxy) is 2. The van der Waals surface area contributed by atoms with Gasteiger partial charge in [0.25, 0.3) is 0 Å². The van der Waals surface area contributed by atoms with E-state index < -0.39 is 0 Å². The zero-order valence-corrected chi connectivity index (χ0v) is 14.4. The Morgan fingerprint density at radius 1 is 1.00 bits per heavy atom. The number of rotatable bonds is 4. The van der Waals surface area contributed by atoms with Gasteiger partial charge in [-0.05, 0) is 30.3 Å². The van der Waals surface area contributed by atoms with Gasteiger partial charge in [0.05, 0.1) is 25.5 Å². The molecule has 0 saturated heterocycles. The molecule has 2 N–H and O–H groups in total. The number of nitrogen functional groups attached to an aromatic ring is 1. The second-order valence-electron chi connectivity index (χ2n) is 5.28. The Bertz CT molecular complexity index is 1060. The molecule has 0 radical (unpaired) electrons. The molecule has 0 unspecified atom stereocenters. The van der Waals surface area contributed by atoms with Crippen molar-refractivity contribution in [2.75, 3.05) is 20.0 Å². The molecular weight excluding hydrogens is 338 g/mol. The summed E-state index contributed by atoms with van der Waals surface area (Å²) in [5.74, 6) is 2.00. The van der Waals surface area contributed by atoms with Crippen LogP contribution in [-0.4, -0.2) is 34.0 Å². The van der Waals surface area contributed by atoms with Crippen LogP contribution in [0.4, 0.5) is 5.69 Å². The van der Waals surface area contributed by atoms with Crippen molar-refractivity contribution in [1.29, 1.82) is 0 Å². The Balaban J connectivity index is 1.82.